The van der Waals surface area contributed by atoms with E-state index in [9.17, 15) is 4.79 Å². The number of rotatable bonds is 6. The zero-order valence-electron chi connectivity index (χ0n) is 17.8. The van der Waals surface area contributed by atoms with Crippen molar-refractivity contribution in [3.63, 3.8) is 0 Å². The van der Waals surface area contributed by atoms with Gasteiger partial charge in [-0.25, -0.2) is 9.97 Å². The normalized spacial score (nSPS) is 14.1. The highest BCUT2D eigenvalue weighted by atomic mass is 127. The molecule has 168 valence electrons. The molecule has 1 aromatic carbocycles. The lowest BCUT2D eigenvalue weighted by molar-refractivity contribution is -0.116. The van der Waals surface area contributed by atoms with E-state index in [2.05, 4.69) is 35.4 Å². The number of nitrogens with zero attached hydrogens (tertiary/aromatic N) is 5. The Kier molecular flexibility index (Phi) is 10.3. The molecule has 1 aliphatic rings. The van der Waals surface area contributed by atoms with Crippen LogP contribution in [0.1, 0.15) is 18.9 Å². The Hall–Kier alpha value is -2.14. The number of hydrogen-bond acceptors (Lipinski definition) is 5. The Labute approximate surface area is 205 Å². The van der Waals surface area contributed by atoms with Gasteiger partial charge in [-0.15, -0.1) is 24.0 Å². The molecule has 0 unspecified atom stereocenters. The van der Waals surface area contributed by atoms with Crippen molar-refractivity contribution in [3.8, 4) is 0 Å². The highest BCUT2D eigenvalue weighted by Gasteiger charge is 2.21. The Morgan fingerprint density at radius 2 is 1.87 bits per heavy atom. The van der Waals surface area contributed by atoms with E-state index in [1.807, 2.05) is 38.1 Å². The number of aromatic nitrogens is 2. The van der Waals surface area contributed by atoms with Gasteiger partial charge < -0.3 is 20.4 Å². The molecule has 0 radical (unpaired) electrons. The lowest BCUT2D eigenvalue weighted by atomic mass is 10.2. The molecule has 1 fully saturated rings. The molecule has 10 heteroatoms. The maximum atomic E-state index is 12.3. The number of anilines is 2. The van der Waals surface area contributed by atoms with Crippen molar-refractivity contribution in [2.75, 3.05) is 49.5 Å². The van der Waals surface area contributed by atoms with Crippen molar-refractivity contribution in [3.05, 3.63) is 47.2 Å². The van der Waals surface area contributed by atoms with Gasteiger partial charge >= 0.3 is 0 Å². The second-order valence-electron chi connectivity index (χ2n) is 6.97. The quantitative estimate of drug-likeness (QED) is 0.322. The maximum absolute atomic E-state index is 12.3. The topological polar surface area (TPSA) is 85.8 Å². The Balaban J connectivity index is 0.00000341. The van der Waals surface area contributed by atoms with Gasteiger partial charge in [0.05, 0.1) is 6.54 Å². The summed E-state index contributed by atoms with van der Waals surface area (Å²) in [5, 5.41) is 6.88. The van der Waals surface area contributed by atoms with E-state index in [1.165, 1.54) is 0 Å². The van der Waals surface area contributed by atoms with Gasteiger partial charge in [0.2, 0.25) is 11.9 Å². The third-order valence-electron chi connectivity index (χ3n) is 4.89. The van der Waals surface area contributed by atoms with Crippen LogP contribution in [0.5, 0.6) is 0 Å². The van der Waals surface area contributed by atoms with Crippen LogP contribution in [0.3, 0.4) is 0 Å². The van der Waals surface area contributed by atoms with E-state index in [1.54, 1.807) is 12.4 Å². The Morgan fingerprint density at radius 1 is 1.16 bits per heavy atom. The van der Waals surface area contributed by atoms with Crippen molar-refractivity contribution in [1.82, 2.24) is 20.2 Å². The van der Waals surface area contributed by atoms with Gasteiger partial charge in [-0.2, -0.15) is 0 Å². The summed E-state index contributed by atoms with van der Waals surface area (Å²) in [7, 11) is 0. The predicted molar refractivity (Wildman–Crippen MR) is 137 cm³/mol. The maximum Gasteiger partial charge on any atom is 0.226 e. The first-order valence-corrected chi connectivity index (χ1v) is 10.6. The van der Waals surface area contributed by atoms with Gasteiger partial charge in [0.25, 0.3) is 0 Å². The van der Waals surface area contributed by atoms with E-state index in [-0.39, 0.29) is 29.9 Å². The number of amides is 1. The van der Waals surface area contributed by atoms with Crippen LogP contribution in [0.25, 0.3) is 0 Å². The van der Waals surface area contributed by atoms with Gasteiger partial charge in [0.15, 0.2) is 5.96 Å². The summed E-state index contributed by atoms with van der Waals surface area (Å²) in [6.45, 7) is 8.39. The smallest absolute Gasteiger partial charge is 0.226 e. The molecule has 0 aliphatic carbocycles. The van der Waals surface area contributed by atoms with Crippen molar-refractivity contribution in [1.29, 1.82) is 0 Å². The number of carbonyl (C=O) groups is 1. The first kappa shape index (κ1) is 25.1. The number of piperazine rings is 1. The molecule has 1 aliphatic heterocycles. The molecule has 3 rings (SSSR count). The molecule has 2 aromatic rings. The van der Waals surface area contributed by atoms with Gasteiger partial charge in [-0.05, 0) is 37.6 Å². The summed E-state index contributed by atoms with van der Waals surface area (Å²) in [5.74, 6) is 1.51. The first-order chi connectivity index (χ1) is 14.6. The molecule has 1 amide bonds. The molecule has 2 heterocycles. The summed E-state index contributed by atoms with van der Waals surface area (Å²) in [6, 6.07) is 7.30. The van der Waals surface area contributed by atoms with Crippen LogP contribution in [0.4, 0.5) is 11.6 Å². The first-order valence-electron chi connectivity index (χ1n) is 10.2. The molecule has 2 N–H and O–H groups in total. The fourth-order valence-corrected chi connectivity index (χ4v) is 3.39. The summed E-state index contributed by atoms with van der Waals surface area (Å²) >= 11 is 6.12. The van der Waals surface area contributed by atoms with Crippen molar-refractivity contribution < 1.29 is 4.79 Å². The molecule has 1 saturated heterocycles. The fourth-order valence-electron chi connectivity index (χ4n) is 3.22. The number of nitrogens with one attached hydrogen (secondary N) is 2. The van der Waals surface area contributed by atoms with E-state index in [4.69, 9.17) is 11.6 Å². The second-order valence-corrected chi connectivity index (χ2v) is 7.38. The number of guanidine groups is 1. The lowest BCUT2D eigenvalue weighted by Crippen LogP contribution is -2.53. The molecule has 31 heavy (non-hydrogen) atoms. The molecule has 0 spiro atoms. The van der Waals surface area contributed by atoms with E-state index in [0.717, 1.165) is 55.9 Å². The Bertz CT molecular complexity index is 873. The SMILES string of the molecule is CCNC(=NCCC(=O)Nc1cccc(Cl)c1C)N1CCN(c2ncccn2)CC1.I. The molecule has 8 nitrogen and oxygen atoms in total. The predicted octanol–water partition coefficient (Wildman–Crippen LogP) is 3.17. The largest absolute Gasteiger partial charge is 0.357 e. The average molecular weight is 558 g/mol. The van der Waals surface area contributed by atoms with Gasteiger partial charge in [-0.3, -0.25) is 9.79 Å². The second kappa shape index (κ2) is 12.7. The number of carbonyl (C=O) groups excluding carboxylic acids is 1. The van der Waals surface area contributed by atoms with E-state index in [0.29, 0.717) is 18.0 Å². The number of hydrogen-bond donors (Lipinski definition) is 2. The minimum atomic E-state index is -0.0778. The highest BCUT2D eigenvalue weighted by Crippen LogP contribution is 2.22. The molecular weight excluding hydrogens is 529 g/mol. The van der Waals surface area contributed by atoms with Gasteiger partial charge in [-0.1, -0.05) is 17.7 Å². The summed E-state index contributed by atoms with van der Waals surface area (Å²) < 4.78 is 0. The zero-order chi connectivity index (χ0) is 21.3. The monoisotopic (exact) mass is 557 g/mol. The molecule has 1 aromatic heterocycles. The number of halogens is 2. The van der Waals surface area contributed by atoms with Crippen LogP contribution in [0.2, 0.25) is 5.02 Å². The summed E-state index contributed by atoms with van der Waals surface area (Å²) in [4.78, 5) is 30.0. The van der Waals surface area contributed by atoms with Crippen LogP contribution >= 0.6 is 35.6 Å². The van der Waals surface area contributed by atoms with E-state index < -0.39 is 0 Å². The van der Waals surface area contributed by atoms with Crippen LogP contribution in [0.15, 0.2) is 41.7 Å². The van der Waals surface area contributed by atoms with Crippen LogP contribution in [-0.2, 0) is 4.79 Å². The number of benzene rings is 1. The zero-order valence-corrected chi connectivity index (χ0v) is 20.9. The molecule has 0 saturated carbocycles. The highest BCUT2D eigenvalue weighted by molar-refractivity contribution is 14.0. The lowest BCUT2D eigenvalue weighted by Gasteiger charge is -2.36. The molecule has 0 atom stereocenters. The van der Waals surface area contributed by atoms with E-state index >= 15 is 0 Å². The standard InChI is InChI=1S/C21H28ClN7O.HI/c1-3-23-20(28-12-14-29(15-13-28)21-24-9-5-10-25-21)26-11-8-19(30)27-18-7-4-6-17(22)16(18)2;/h4-7,9-10H,3,8,11-15H2,1-2H3,(H,23,26)(H,27,30);1H. The van der Waals surface area contributed by atoms with Crippen LogP contribution in [0, 0.1) is 6.92 Å². The summed E-state index contributed by atoms with van der Waals surface area (Å²) in [6.07, 6.45) is 3.82. The van der Waals surface area contributed by atoms with Gasteiger partial charge in [0, 0.05) is 62.2 Å². The Morgan fingerprint density at radius 3 is 2.55 bits per heavy atom. The minimum absolute atomic E-state index is 0. The third-order valence-corrected chi connectivity index (χ3v) is 5.30. The minimum Gasteiger partial charge on any atom is -0.357 e. The number of aliphatic imine (C=N–C) groups is 1. The van der Waals surface area contributed by atoms with Crippen LogP contribution < -0.4 is 15.5 Å². The van der Waals surface area contributed by atoms with Gasteiger partial charge in [0.1, 0.15) is 0 Å². The summed E-state index contributed by atoms with van der Waals surface area (Å²) in [5.41, 5.74) is 1.60. The molecular formula is C21H29ClIN7O. The van der Waals surface area contributed by atoms with Crippen LogP contribution in [-0.4, -0.2) is 66.0 Å². The third kappa shape index (κ3) is 7.20. The van der Waals surface area contributed by atoms with Crippen molar-refractivity contribution >= 4 is 59.1 Å². The van der Waals surface area contributed by atoms with Crippen molar-refractivity contribution in [2.45, 2.75) is 20.3 Å². The fraction of sp³-hybridized carbons (Fsp3) is 0.429. The average Bonchev–Trinajstić information content (AvgIpc) is 2.77. The molecule has 0 bridgehead atoms. The van der Waals surface area contributed by atoms with Crippen molar-refractivity contribution in [2.24, 2.45) is 4.99 Å².